The number of aromatic nitrogens is 2. The van der Waals surface area contributed by atoms with Crippen LogP contribution in [0.3, 0.4) is 0 Å². The molecule has 2 heterocycles. The third-order valence-electron chi connectivity index (χ3n) is 4.26. The van der Waals surface area contributed by atoms with Gasteiger partial charge in [0.2, 0.25) is 0 Å². The molecule has 1 saturated heterocycles. The molecule has 3 rings (SSSR count). The molecule has 6 heteroatoms. The second-order valence-electron chi connectivity index (χ2n) is 6.35. The molecule has 0 N–H and O–H groups in total. The first-order chi connectivity index (χ1) is 11.5. The van der Waals surface area contributed by atoms with E-state index in [-0.39, 0.29) is 11.8 Å². The van der Waals surface area contributed by atoms with Crippen LogP contribution in [0.2, 0.25) is 5.02 Å². The van der Waals surface area contributed by atoms with Crippen LogP contribution in [0.4, 0.5) is 0 Å². The Labute approximate surface area is 147 Å². The van der Waals surface area contributed by atoms with Crippen molar-refractivity contribution in [1.82, 2.24) is 14.7 Å². The minimum absolute atomic E-state index is 0.00752. The van der Waals surface area contributed by atoms with E-state index in [4.69, 9.17) is 16.3 Å². The van der Waals surface area contributed by atoms with Crippen molar-refractivity contribution in [2.75, 3.05) is 13.1 Å². The van der Waals surface area contributed by atoms with Crippen molar-refractivity contribution in [1.29, 1.82) is 0 Å². The van der Waals surface area contributed by atoms with Crippen molar-refractivity contribution >= 4 is 17.5 Å². The molecule has 24 heavy (non-hydrogen) atoms. The number of piperidine rings is 1. The molecule has 0 bridgehead atoms. The van der Waals surface area contributed by atoms with E-state index >= 15 is 0 Å². The minimum atomic E-state index is -0.605. The molecule has 1 aromatic heterocycles. The SMILES string of the molecule is C[C@@H]1CCCN(C(=O)[C@H](C)Oc2nn(-c3ccccc3)cc2Cl)C1. The summed E-state index contributed by atoms with van der Waals surface area (Å²) in [7, 11) is 0. The van der Waals surface area contributed by atoms with Crippen molar-refractivity contribution in [3.63, 3.8) is 0 Å². The molecular weight excluding hydrogens is 326 g/mol. The summed E-state index contributed by atoms with van der Waals surface area (Å²) in [5, 5.41) is 4.75. The van der Waals surface area contributed by atoms with Crippen LogP contribution in [0.15, 0.2) is 36.5 Å². The molecule has 0 saturated carbocycles. The van der Waals surface area contributed by atoms with Gasteiger partial charge in [-0.05, 0) is 37.8 Å². The van der Waals surface area contributed by atoms with Crippen LogP contribution in [0.25, 0.3) is 5.69 Å². The molecule has 1 aromatic carbocycles. The van der Waals surface area contributed by atoms with E-state index < -0.39 is 6.10 Å². The Balaban J connectivity index is 1.69. The number of likely N-dealkylation sites (tertiary alicyclic amines) is 1. The van der Waals surface area contributed by atoms with Crippen molar-refractivity contribution in [2.45, 2.75) is 32.8 Å². The number of rotatable bonds is 4. The van der Waals surface area contributed by atoms with Crippen molar-refractivity contribution < 1.29 is 9.53 Å². The lowest BCUT2D eigenvalue weighted by Crippen LogP contribution is -2.45. The molecule has 1 amide bonds. The molecule has 1 aliphatic rings. The van der Waals surface area contributed by atoms with Crippen LogP contribution in [0, 0.1) is 5.92 Å². The van der Waals surface area contributed by atoms with Crippen LogP contribution in [-0.4, -0.2) is 39.8 Å². The number of ether oxygens (including phenoxy) is 1. The topological polar surface area (TPSA) is 47.4 Å². The predicted molar refractivity (Wildman–Crippen MR) is 93.6 cm³/mol. The number of amides is 1. The number of hydrogen-bond donors (Lipinski definition) is 0. The number of benzene rings is 1. The molecule has 0 radical (unpaired) electrons. The second-order valence-corrected chi connectivity index (χ2v) is 6.76. The second kappa shape index (κ2) is 7.26. The summed E-state index contributed by atoms with van der Waals surface area (Å²) >= 11 is 6.22. The summed E-state index contributed by atoms with van der Waals surface area (Å²) < 4.78 is 7.39. The zero-order chi connectivity index (χ0) is 17.1. The van der Waals surface area contributed by atoms with Crippen LogP contribution in [0.5, 0.6) is 5.88 Å². The van der Waals surface area contributed by atoms with Crippen molar-refractivity contribution in [3.05, 3.63) is 41.6 Å². The first-order valence-corrected chi connectivity index (χ1v) is 8.68. The normalized spacial score (nSPS) is 19.1. The van der Waals surface area contributed by atoms with Gasteiger partial charge >= 0.3 is 0 Å². The number of nitrogens with zero attached hydrogens (tertiary/aromatic N) is 3. The standard InChI is InChI=1S/C18H22ClN3O2/c1-13-7-6-10-21(11-13)18(23)14(2)24-17-16(19)12-22(20-17)15-8-4-3-5-9-15/h3-5,8-9,12-14H,6-7,10-11H2,1-2H3/t13-,14+/m1/s1. The highest BCUT2D eigenvalue weighted by atomic mass is 35.5. The van der Waals surface area contributed by atoms with Gasteiger partial charge in [-0.15, -0.1) is 5.10 Å². The van der Waals surface area contributed by atoms with Gasteiger partial charge in [-0.25, -0.2) is 4.68 Å². The maximum atomic E-state index is 12.6. The van der Waals surface area contributed by atoms with E-state index in [0.29, 0.717) is 10.9 Å². The summed E-state index contributed by atoms with van der Waals surface area (Å²) in [5.74, 6) is 0.814. The van der Waals surface area contributed by atoms with E-state index in [0.717, 1.165) is 25.2 Å². The molecular formula is C18H22ClN3O2. The van der Waals surface area contributed by atoms with Gasteiger partial charge in [-0.3, -0.25) is 4.79 Å². The van der Waals surface area contributed by atoms with Crippen molar-refractivity contribution in [2.24, 2.45) is 5.92 Å². The summed E-state index contributed by atoms with van der Waals surface area (Å²) in [6.45, 7) is 5.50. The van der Waals surface area contributed by atoms with Gasteiger partial charge in [0.25, 0.3) is 11.8 Å². The molecule has 0 unspecified atom stereocenters. The quantitative estimate of drug-likeness (QED) is 0.849. The summed E-state index contributed by atoms with van der Waals surface area (Å²) in [5.41, 5.74) is 0.887. The average Bonchev–Trinajstić information content (AvgIpc) is 2.95. The predicted octanol–water partition coefficient (Wildman–Crippen LogP) is 3.55. The molecule has 1 fully saturated rings. The average molecular weight is 348 g/mol. The fourth-order valence-electron chi connectivity index (χ4n) is 2.99. The van der Waals surface area contributed by atoms with Gasteiger partial charge in [0.15, 0.2) is 6.10 Å². The Bertz CT molecular complexity index is 702. The zero-order valence-corrected chi connectivity index (χ0v) is 14.7. The van der Waals surface area contributed by atoms with E-state index in [1.165, 1.54) is 6.42 Å². The van der Waals surface area contributed by atoms with Crippen molar-refractivity contribution in [3.8, 4) is 11.6 Å². The largest absolute Gasteiger partial charge is 0.462 e. The lowest BCUT2D eigenvalue weighted by Gasteiger charge is -2.32. The number of halogens is 1. The zero-order valence-electron chi connectivity index (χ0n) is 14.0. The highest BCUT2D eigenvalue weighted by molar-refractivity contribution is 6.31. The summed E-state index contributed by atoms with van der Waals surface area (Å²) in [6, 6.07) is 9.64. The van der Waals surface area contributed by atoms with Crippen LogP contribution in [-0.2, 0) is 4.79 Å². The number of hydrogen-bond acceptors (Lipinski definition) is 3. The Morgan fingerprint density at radius 2 is 2.12 bits per heavy atom. The first-order valence-electron chi connectivity index (χ1n) is 8.30. The summed E-state index contributed by atoms with van der Waals surface area (Å²) in [6.07, 6.45) is 3.30. The molecule has 0 spiro atoms. The maximum absolute atomic E-state index is 12.6. The third-order valence-corrected chi connectivity index (χ3v) is 4.52. The van der Waals surface area contributed by atoms with Gasteiger partial charge in [0.05, 0.1) is 11.9 Å². The van der Waals surface area contributed by atoms with Gasteiger partial charge < -0.3 is 9.64 Å². The molecule has 128 valence electrons. The molecule has 2 atom stereocenters. The number of para-hydroxylation sites is 1. The minimum Gasteiger partial charge on any atom is -0.462 e. The highest BCUT2D eigenvalue weighted by Gasteiger charge is 2.27. The van der Waals surface area contributed by atoms with Gasteiger partial charge in [0.1, 0.15) is 5.02 Å². The van der Waals surface area contributed by atoms with Crippen LogP contribution < -0.4 is 4.74 Å². The van der Waals surface area contributed by atoms with Gasteiger partial charge in [-0.1, -0.05) is 36.7 Å². The first kappa shape index (κ1) is 16.8. The van der Waals surface area contributed by atoms with E-state index in [9.17, 15) is 4.79 Å². The van der Waals surface area contributed by atoms with E-state index in [1.807, 2.05) is 35.2 Å². The molecule has 0 aliphatic carbocycles. The lowest BCUT2D eigenvalue weighted by molar-refractivity contribution is -0.139. The Kier molecular flexibility index (Phi) is 5.09. The number of carbonyl (C=O) groups excluding carboxylic acids is 1. The fraction of sp³-hybridized carbons (Fsp3) is 0.444. The van der Waals surface area contributed by atoms with E-state index in [1.54, 1.807) is 17.8 Å². The molecule has 5 nitrogen and oxygen atoms in total. The molecule has 1 aliphatic heterocycles. The molecule has 2 aromatic rings. The third kappa shape index (κ3) is 3.73. The number of carbonyl (C=O) groups is 1. The monoisotopic (exact) mass is 347 g/mol. The van der Waals surface area contributed by atoms with Crippen LogP contribution >= 0.6 is 11.6 Å². The Hall–Kier alpha value is -2.01. The maximum Gasteiger partial charge on any atom is 0.263 e. The lowest BCUT2D eigenvalue weighted by atomic mass is 10.00. The van der Waals surface area contributed by atoms with Gasteiger partial charge in [0, 0.05) is 13.1 Å². The summed E-state index contributed by atoms with van der Waals surface area (Å²) in [4.78, 5) is 14.4. The fourth-order valence-corrected chi connectivity index (χ4v) is 3.17. The van der Waals surface area contributed by atoms with Gasteiger partial charge in [-0.2, -0.15) is 0 Å². The highest BCUT2D eigenvalue weighted by Crippen LogP contribution is 2.25. The Morgan fingerprint density at radius 1 is 1.38 bits per heavy atom. The smallest absolute Gasteiger partial charge is 0.263 e. The van der Waals surface area contributed by atoms with E-state index in [2.05, 4.69) is 12.0 Å². The Morgan fingerprint density at radius 3 is 2.83 bits per heavy atom. The van der Waals surface area contributed by atoms with Crippen LogP contribution in [0.1, 0.15) is 26.7 Å².